The maximum absolute atomic E-state index is 14.2. The maximum atomic E-state index is 14.2. The average molecular weight is 277 g/mol. The molecule has 0 unspecified atom stereocenters. The summed E-state index contributed by atoms with van der Waals surface area (Å²) in [6.07, 6.45) is 1.63. The molecule has 108 valence electrons. The van der Waals surface area contributed by atoms with Gasteiger partial charge in [0.05, 0.1) is 13.2 Å². The second-order valence-electron chi connectivity index (χ2n) is 6.06. The number of ether oxygens (including phenoxy) is 2. The van der Waals surface area contributed by atoms with Crippen LogP contribution in [0.25, 0.3) is 0 Å². The average Bonchev–Trinajstić information content (AvgIpc) is 2.97. The van der Waals surface area contributed by atoms with Crippen LogP contribution in [0, 0.1) is 5.92 Å². The third-order valence-corrected chi connectivity index (χ3v) is 4.30. The van der Waals surface area contributed by atoms with Gasteiger partial charge in [-0.25, -0.2) is 9.38 Å². The van der Waals surface area contributed by atoms with Gasteiger partial charge in [0.15, 0.2) is 0 Å². The van der Waals surface area contributed by atoms with E-state index >= 15 is 0 Å². The highest BCUT2D eigenvalue weighted by Gasteiger charge is 2.49. The number of halogens is 1. The Labute approximate surface area is 118 Å². The molecule has 3 rings (SSSR count). The second kappa shape index (κ2) is 4.76. The lowest BCUT2D eigenvalue weighted by molar-refractivity contribution is 0.0436. The van der Waals surface area contributed by atoms with E-state index in [1.807, 2.05) is 24.3 Å². The molecule has 1 fully saturated rings. The molecule has 0 N–H and O–H groups in total. The van der Waals surface area contributed by atoms with Gasteiger partial charge in [0.2, 0.25) is 5.90 Å². The minimum atomic E-state index is -1.22. The number of fused-ring (bicyclic) bond motifs is 1. The number of hydrogen-bond acceptors (Lipinski definition) is 3. The Kier molecular flexibility index (Phi) is 3.19. The van der Waals surface area contributed by atoms with E-state index in [4.69, 9.17) is 9.47 Å². The number of aliphatic imine (C=N–C) groups is 1. The molecule has 0 aromatic heterocycles. The lowest BCUT2D eigenvalue weighted by atomic mass is 9.89. The second-order valence-corrected chi connectivity index (χ2v) is 6.06. The minimum absolute atomic E-state index is 0.0769. The summed E-state index contributed by atoms with van der Waals surface area (Å²) in [5, 5.41) is 0. The minimum Gasteiger partial charge on any atom is -0.497 e. The van der Waals surface area contributed by atoms with Crippen molar-refractivity contribution in [2.24, 2.45) is 10.9 Å². The molecule has 3 nitrogen and oxygen atoms in total. The van der Waals surface area contributed by atoms with Crippen molar-refractivity contribution >= 4 is 5.90 Å². The van der Waals surface area contributed by atoms with Crippen LogP contribution < -0.4 is 4.74 Å². The van der Waals surface area contributed by atoms with E-state index < -0.39 is 5.67 Å². The predicted molar refractivity (Wildman–Crippen MR) is 76.1 cm³/mol. The fourth-order valence-electron chi connectivity index (χ4n) is 3.17. The van der Waals surface area contributed by atoms with Gasteiger partial charge in [0, 0.05) is 11.5 Å². The molecule has 0 saturated heterocycles. The number of alkyl halides is 1. The molecular formula is C16H20FNO2. The van der Waals surface area contributed by atoms with Gasteiger partial charge >= 0.3 is 0 Å². The van der Waals surface area contributed by atoms with Gasteiger partial charge in [0.1, 0.15) is 17.5 Å². The van der Waals surface area contributed by atoms with Crippen LogP contribution in [0.15, 0.2) is 29.3 Å². The molecule has 0 bridgehead atoms. The Hall–Kier alpha value is -1.58. The molecular weight excluding hydrogens is 257 g/mol. The number of benzene rings is 1. The Morgan fingerprint density at radius 3 is 2.55 bits per heavy atom. The molecule has 1 aromatic carbocycles. The van der Waals surface area contributed by atoms with Gasteiger partial charge in [-0.15, -0.1) is 0 Å². The van der Waals surface area contributed by atoms with Crippen molar-refractivity contribution in [2.45, 2.75) is 44.5 Å². The molecule has 1 aliphatic heterocycles. The highest BCUT2D eigenvalue weighted by molar-refractivity contribution is 5.95. The maximum Gasteiger partial charge on any atom is 0.216 e. The van der Waals surface area contributed by atoms with Crippen LogP contribution in [0.1, 0.15) is 32.3 Å². The lowest BCUT2D eigenvalue weighted by Gasteiger charge is -2.27. The normalized spacial score (nSPS) is 28.8. The zero-order valence-corrected chi connectivity index (χ0v) is 12.1. The first-order chi connectivity index (χ1) is 9.49. The van der Waals surface area contributed by atoms with Gasteiger partial charge in [-0.05, 0) is 51.0 Å². The summed E-state index contributed by atoms with van der Waals surface area (Å²) in [4.78, 5) is 4.63. The fraction of sp³-hybridized carbons (Fsp3) is 0.562. The Morgan fingerprint density at radius 1 is 1.25 bits per heavy atom. The number of rotatable bonds is 3. The van der Waals surface area contributed by atoms with Crippen LogP contribution in [-0.2, 0) is 4.74 Å². The fourth-order valence-corrected chi connectivity index (χ4v) is 3.17. The molecule has 3 atom stereocenters. The zero-order valence-electron chi connectivity index (χ0n) is 12.1. The highest BCUT2D eigenvalue weighted by atomic mass is 19.1. The molecule has 1 aliphatic carbocycles. The lowest BCUT2D eigenvalue weighted by Crippen LogP contribution is -2.36. The Bertz CT molecular complexity index is 518. The molecule has 1 aromatic rings. The van der Waals surface area contributed by atoms with Crippen molar-refractivity contribution in [3.63, 3.8) is 0 Å². The first-order valence-electron chi connectivity index (χ1n) is 7.07. The predicted octanol–water partition coefficient (Wildman–Crippen LogP) is 3.37. The number of methoxy groups -OCH3 is 1. The quantitative estimate of drug-likeness (QED) is 0.848. The summed E-state index contributed by atoms with van der Waals surface area (Å²) < 4.78 is 25.3. The molecule has 20 heavy (non-hydrogen) atoms. The van der Waals surface area contributed by atoms with Crippen LogP contribution in [0.3, 0.4) is 0 Å². The molecule has 1 saturated carbocycles. The number of hydrogen-bond donors (Lipinski definition) is 0. The Morgan fingerprint density at radius 2 is 1.95 bits per heavy atom. The molecule has 1 heterocycles. The van der Waals surface area contributed by atoms with Gasteiger partial charge in [-0.3, -0.25) is 0 Å². The van der Waals surface area contributed by atoms with Crippen LogP contribution >= 0.6 is 0 Å². The van der Waals surface area contributed by atoms with Crippen LogP contribution in [0.4, 0.5) is 4.39 Å². The molecule has 4 heteroatoms. The van der Waals surface area contributed by atoms with E-state index in [1.165, 1.54) is 0 Å². The van der Waals surface area contributed by atoms with Gasteiger partial charge < -0.3 is 9.47 Å². The number of nitrogens with zero attached hydrogens (tertiary/aromatic N) is 1. The topological polar surface area (TPSA) is 30.8 Å². The zero-order chi connectivity index (χ0) is 14.3. The summed E-state index contributed by atoms with van der Waals surface area (Å²) in [5.41, 5.74) is -0.291. The van der Waals surface area contributed by atoms with Crippen molar-refractivity contribution in [2.75, 3.05) is 7.11 Å². The van der Waals surface area contributed by atoms with E-state index in [9.17, 15) is 4.39 Å². The van der Waals surface area contributed by atoms with Crippen molar-refractivity contribution in [1.82, 2.24) is 0 Å². The SMILES string of the molecule is COc1ccc(C2=N[C@H]3CC[C@H](C(C)(C)F)[C@H]3O2)cc1. The summed E-state index contributed by atoms with van der Waals surface area (Å²) in [5.74, 6) is 1.36. The van der Waals surface area contributed by atoms with E-state index in [0.29, 0.717) is 5.90 Å². The summed E-state index contributed by atoms with van der Waals surface area (Å²) in [6, 6.07) is 7.72. The van der Waals surface area contributed by atoms with E-state index in [-0.39, 0.29) is 18.1 Å². The van der Waals surface area contributed by atoms with Crippen LogP contribution in [0.5, 0.6) is 5.75 Å². The van der Waals surface area contributed by atoms with Crippen molar-refractivity contribution < 1.29 is 13.9 Å². The van der Waals surface area contributed by atoms with E-state index in [2.05, 4.69) is 4.99 Å². The molecule has 0 radical (unpaired) electrons. The third-order valence-electron chi connectivity index (χ3n) is 4.30. The van der Waals surface area contributed by atoms with Gasteiger partial charge in [-0.2, -0.15) is 0 Å². The van der Waals surface area contributed by atoms with Crippen LogP contribution in [0.2, 0.25) is 0 Å². The Balaban J connectivity index is 1.78. The summed E-state index contributed by atoms with van der Waals surface area (Å²) in [7, 11) is 1.64. The van der Waals surface area contributed by atoms with Gasteiger partial charge in [0.25, 0.3) is 0 Å². The van der Waals surface area contributed by atoms with Crippen molar-refractivity contribution in [1.29, 1.82) is 0 Å². The van der Waals surface area contributed by atoms with E-state index in [0.717, 1.165) is 24.2 Å². The molecule has 0 amide bonds. The molecule has 0 spiro atoms. The summed E-state index contributed by atoms with van der Waals surface area (Å²) >= 11 is 0. The standard InChI is InChI=1S/C16H20FNO2/c1-16(2,17)12-8-9-13-14(12)20-15(18-13)10-4-6-11(19-3)7-5-10/h4-7,12-14H,8-9H2,1-3H3/t12-,13-,14+/m0/s1. The third kappa shape index (κ3) is 2.28. The first kappa shape index (κ1) is 13.4. The molecule has 2 aliphatic rings. The first-order valence-corrected chi connectivity index (χ1v) is 7.07. The summed E-state index contributed by atoms with van der Waals surface area (Å²) in [6.45, 7) is 3.27. The van der Waals surface area contributed by atoms with Gasteiger partial charge in [-0.1, -0.05) is 0 Å². The highest BCUT2D eigenvalue weighted by Crippen LogP contribution is 2.42. The van der Waals surface area contributed by atoms with Crippen molar-refractivity contribution in [3.05, 3.63) is 29.8 Å². The van der Waals surface area contributed by atoms with E-state index in [1.54, 1.807) is 21.0 Å². The van der Waals surface area contributed by atoms with Crippen LogP contribution in [-0.4, -0.2) is 30.8 Å². The smallest absolute Gasteiger partial charge is 0.216 e. The van der Waals surface area contributed by atoms with Crippen molar-refractivity contribution in [3.8, 4) is 5.75 Å². The largest absolute Gasteiger partial charge is 0.497 e. The monoisotopic (exact) mass is 277 g/mol.